The highest BCUT2D eigenvalue weighted by Gasteiger charge is 2.25. The molecule has 0 heterocycles. The first-order valence-corrected chi connectivity index (χ1v) is 8.83. The van der Waals surface area contributed by atoms with Gasteiger partial charge in [-0.1, -0.05) is 74.7 Å². The van der Waals surface area contributed by atoms with E-state index in [9.17, 15) is 0 Å². The van der Waals surface area contributed by atoms with Crippen molar-refractivity contribution in [3.63, 3.8) is 0 Å². The molecule has 0 heteroatoms. The molecule has 0 aromatic rings. The van der Waals surface area contributed by atoms with Gasteiger partial charge in [0, 0.05) is 0 Å². The summed E-state index contributed by atoms with van der Waals surface area (Å²) >= 11 is 0. The van der Waals surface area contributed by atoms with Crippen molar-refractivity contribution in [1.29, 1.82) is 0 Å². The number of hydrogen-bond acceptors (Lipinski definition) is 0. The van der Waals surface area contributed by atoms with Crippen molar-refractivity contribution in [3.8, 4) is 0 Å². The van der Waals surface area contributed by atoms with Crippen LogP contribution in [0.1, 0.15) is 87.5 Å². The van der Waals surface area contributed by atoms with Crippen LogP contribution in [0.5, 0.6) is 0 Å². The highest BCUT2D eigenvalue weighted by molar-refractivity contribution is 4.75. The van der Waals surface area contributed by atoms with E-state index in [4.69, 9.17) is 0 Å². The van der Waals surface area contributed by atoms with Gasteiger partial charge in [0.25, 0.3) is 0 Å². The van der Waals surface area contributed by atoms with Gasteiger partial charge in [0.15, 0.2) is 0 Å². The minimum atomic E-state index is 0.828. The van der Waals surface area contributed by atoms with Crippen LogP contribution in [0.4, 0.5) is 0 Å². The van der Waals surface area contributed by atoms with Gasteiger partial charge in [-0.3, -0.25) is 0 Å². The molecule has 0 amide bonds. The van der Waals surface area contributed by atoms with Crippen molar-refractivity contribution in [2.45, 2.75) is 87.5 Å². The smallest absolute Gasteiger partial charge is 0.0384 e. The van der Waals surface area contributed by atoms with Crippen molar-refractivity contribution in [1.82, 2.24) is 0 Å². The predicted molar refractivity (Wildman–Crippen MR) is 89.4 cm³/mol. The lowest BCUT2D eigenvalue weighted by Gasteiger charge is -2.33. The zero-order valence-corrected chi connectivity index (χ0v) is 15.0. The average molecular weight is 269 g/mol. The van der Waals surface area contributed by atoms with Crippen LogP contribution in [0.25, 0.3) is 0 Å². The molecule has 0 aliphatic carbocycles. The fourth-order valence-corrected chi connectivity index (χ4v) is 3.59. The first kappa shape index (κ1) is 19.0. The van der Waals surface area contributed by atoms with Crippen molar-refractivity contribution < 1.29 is 0 Å². The summed E-state index contributed by atoms with van der Waals surface area (Å²) < 4.78 is 0. The summed E-state index contributed by atoms with van der Waals surface area (Å²) in [6.07, 6.45) is 6.97. The summed E-state index contributed by atoms with van der Waals surface area (Å²) in [6.45, 7) is 19.2. The Hall–Kier alpha value is 0. The number of hydrogen-bond donors (Lipinski definition) is 0. The SMILES string of the molecule is CCCC(CC(C)C(CC)CC(C)C)C(C)C(C)C. The highest BCUT2D eigenvalue weighted by Crippen LogP contribution is 2.35. The third-order valence-electron chi connectivity index (χ3n) is 5.23. The molecule has 0 saturated heterocycles. The Morgan fingerprint density at radius 1 is 0.737 bits per heavy atom. The average Bonchev–Trinajstić information content (AvgIpc) is 2.33. The quantitative estimate of drug-likeness (QED) is 0.409. The zero-order valence-electron chi connectivity index (χ0n) is 15.0. The summed E-state index contributed by atoms with van der Waals surface area (Å²) in [5.74, 6) is 5.30. The van der Waals surface area contributed by atoms with Crippen molar-refractivity contribution in [2.24, 2.45) is 35.5 Å². The first-order valence-electron chi connectivity index (χ1n) is 8.83. The summed E-state index contributed by atoms with van der Waals surface area (Å²) in [5, 5.41) is 0. The Bertz CT molecular complexity index is 204. The van der Waals surface area contributed by atoms with Crippen LogP contribution in [-0.2, 0) is 0 Å². The van der Waals surface area contributed by atoms with Gasteiger partial charge in [0.1, 0.15) is 0 Å². The molecule has 0 N–H and O–H groups in total. The first-order chi connectivity index (χ1) is 8.83. The molecule has 0 nitrogen and oxygen atoms in total. The van der Waals surface area contributed by atoms with Crippen LogP contribution in [0, 0.1) is 35.5 Å². The van der Waals surface area contributed by atoms with Gasteiger partial charge >= 0.3 is 0 Å². The third-order valence-corrected chi connectivity index (χ3v) is 5.23. The van der Waals surface area contributed by atoms with Crippen LogP contribution >= 0.6 is 0 Å². The van der Waals surface area contributed by atoms with Gasteiger partial charge in [-0.2, -0.15) is 0 Å². The second-order valence-electron chi connectivity index (χ2n) is 7.66. The molecule has 0 rings (SSSR count). The minimum absolute atomic E-state index is 0.828. The monoisotopic (exact) mass is 268 g/mol. The van der Waals surface area contributed by atoms with E-state index in [-0.39, 0.29) is 0 Å². The second kappa shape index (κ2) is 9.83. The summed E-state index contributed by atoms with van der Waals surface area (Å²) in [6, 6.07) is 0. The predicted octanol–water partition coefficient (Wildman–Crippen LogP) is 6.79. The minimum Gasteiger partial charge on any atom is -0.0654 e. The van der Waals surface area contributed by atoms with E-state index in [2.05, 4.69) is 55.4 Å². The summed E-state index contributed by atoms with van der Waals surface area (Å²) in [7, 11) is 0. The van der Waals surface area contributed by atoms with Crippen molar-refractivity contribution >= 4 is 0 Å². The van der Waals surface area contributed by atoms with Gasteiger partial charge < -0.3 is 0 Å². The molecule has 0 aliphatic rings. The fraction of sp³-hybridized carbons (Fsp3) is 1.00. The van der Waals surface area contributed by atoms with Crippen LogP contribution in [-0.4, -0.2) is 0 Å². The molecular formula is C19H40. The maximum atomic E-state index is 2.51. The van der Waals surface area contributed by atoms with Gasteiger partial charge in [0.05, 0.1) is 0 Å². The van der Waals surface area contributed by atoms with E-state index in [1.807, 2.05) is 0 Å². The van der Waals surface area contributed by atoms with Crippen molar-refractivity contribution in [3.05, 3.63) is 0 Å². The molecule has 0 bridgehead atoms. The Labute approximate surface area is 123 Å². The molecule has 0 fully saturated rings. The van der Waals surface area contributed by atoms with E-state index in [1.165, 1.54) is 32.1 Å². The van der Waals surface area contributed by atoms with E-state index >= 15 is 0 Å². The largest absolute Gasteiger partial charge is 0.0654 e. The fourth-order valence-electron chi connectivity index (χ4n) is 3.59. The maximum Gasteiger partial charge on any atom is -0.0384 e. The molecule has 19 heavy (non-hydrogen) atoms. The molecule has 0 radical (unpaired) electrons. The molecule has 4 unspecified atom stereocenters. The molecule has 0 spiro atoms. The Kier molecular flexibility index (Phi) is 9.83. The normalized spacial score (nSPS) is 18.6. The highest BCUT2D eigenvalue weighted by atomic mass is 14.3. The zero-order chi connectivity index (χ0) is 15.0. The summed E-state index contributed by atoms with van der Waals surface area (Å²) in [5.41, 5.74) is 0. The van der Waals surface area contributed by atoms with Gasteiger partial charge in [-0.25, -0.2) is 0 Å². The lowest BCUT2D eigenvalue weighted by atomic mass is 9.73. The van der Waals surface area contributed by atoms with Crippen LogP contribution in [0.15, 0.2) is 0 Å². The lowest BCUT2D eigenvalue weighted by molar-refractivity contribution is 0.177. The van der Waals surface area contributed by atoms with Gasteiger partial charge in [-0.05, 0) is 48.3 Å². The topological polar surface area (TPSA) is 0 Å². The van der Waals surface area contributed by atoms with Gasteiger partial charge in [0.2, 0.25) is 0 Å². The van der Waals surface area contributed by atoms with E-state index < -0.39 is 0 Å². The standard InChI is InChI=1S/C19H40/c1-9-11-19(17(8)15(5)6)13-16(7)18(10-2)12-14(3)4/h14-19H,9-13H2,1-8H3. The second-order valence-corrected chi connectivity index (χ2v) is 7.66. The van der Waals surface area contributed by atoms with E-state index in [0.29, 0.717) is 0 Å². The van der Waals surface area contributed by atoms with Crippen molar-refractivity contribution in [2.75, 3.05) is 0 Å². The molecule has 4 atom stereocenters. The lowest BCUT2D eigenvalue weighted by Crippen LogP contribution is -2.23. The van der Waals surface area contributed by atoms with Crippen LogP contribution < -0.4 is 0 Å². The Morgan fingerprint density at radius 3 is 1.68 bits per heavy atom. The Morgan fingerprint density at radius 2 is 1.32 bits per heavy atom. The molecule has 0 aromatic heterocycles. The third kappa shape index (κ3) is 7.37. The maximum absolute atomic E-state index is 2.51. The van der Waals surface area contributed by atoms with E-state index in [1.54, 1.807) is 0 Å². The molecule has 0 aromatic carbocycles. The van der Waals surface area contributed by atoms with Crippen LogP contribution in [0.3, 0.4) is 0 Å². The summed E-state index contributed by atoms with van der Waals surface area (Å²) in [4.78, 5) is 0. The molecule has 0 aliphatic heterocycles. The van der Waals surface area contributed by atoms with E-state index in [0.717, 1.165) is 35.5 Å². The Balaban J connectivity index is 4.54. The molecule has 116 valence electrons. The van der Waals surface area contributed by atoms with Crippen LogP contribution in [0.2, 0.25) is 0 Å². The van der Waals surface area contributed by atoms with Gasteiger partial charge in [-0.15, -0.1) is 0 Å². The molecule has 0 saturated carbocycles. The molecular weight excluding hydrogens is 228 g/mol. The number of rotatable bonds is 10.